The first-order chi connectivity index (χ1) is 7.72. The van der Waals surface area contributed by atoms with Crippen LogP contribution in [0.15, 0.2) is 0 Å². The van der Waals surface area contributed by atoms with Crippen molar-refractivity contribution in [3.05, 3.63) is 0 Å². The molecule has 2 aliphatic rings. The van der Waals surface area contributed by atoms with Gasteiger partial charge in [-0.25, -0.2) is 0 Å². The molecule has 0 spiro atoms. The van der Waals surface area contributed by atoms with E-state index in [-0.39, 0.29) is 6.10 Å². The van der Waals surface area contributed by atoms with Crippen LogP contribution in [0.4, 0.5) is 0 Å². The molecule has 3 atom stereocenters. The fourth-order valence-corrected chi connectivity index (χ4v) is 3.74. The highest BCUT2D eigenvalue weighted by atomic mass is 16.3. The molecule has 0 radical (unpaired) electrons. The summed E-state index contributed by atoms with van der Waals surface area (Å²) in [6.07, 6.45) is 8.76. The molecule has 2 heteroatoms. The van der Waals surface area contributed by atoms with E-state index in [0.29, 0.717) is 6.04 Å². The van der Waals surface area contributed by atoms with Crippen LogP contribution in [0, 0.1) is 5.92 Å². The maximum absolute atomic E-state index is 9.86. The Morgan fingerprint density at radius 2 is 1.81 bits per heavy atom. The van der Waals surface area contributed by atoms with E-state index < -0.39 is 0 Å². The predicted octanol–water partition coefficient (Wildman–Crippen LogP) is 2.80. The Labute approximate surface area is 100 Å². The summed E-state index contributed by atoms with van der Waals surface area (Å²) in [6, 6.07) is 1.44. The highest BCUT2D eigenvalue weighted by Gasteiger charge is 2.34. The van der Waals surface area contributed by atoms with Crippen molar-refractivity contribution >= 4 is 0 Å². The maximum atomic E-state index is 9.86. The molecule has 0 aliphatic heterocycles. The quantitative estimate of drug-likeness (QED) is 0.798. The van der Waals surface area contributed by atoms with E-state index in [4.69, 9.17) is 0 Å². The Morgan fingerprint density at radius 1 is 1.12 bits per heavy atom. The van der Waals surface area contributed by atoms with E-state index in [9.17, 15) is 5.11 Å². The van der Waals surface area contributed by atoms with Crippen LogP contribution in [0.1, 0.15) is 58.8 Å². The second kappa shape index (κ2) is 5.50. The van der Waals surface area contributed by atoms with Gasteiger partial charge >= 0.3 is 0 Å². The van der Waals surface area contributed by atoms with Gasteiger partial charge in [0.15, 0.2) is 0 Å². The molecule has 0 aromatic heterocycles. The van der Waals surface area contributed by atoms with Gasteiger partial charge in [0.2, 0.25) is 0 Å². The Hall–Kier alpha value is -0.0800. The van der Waals surface area contributed by atoms with Gasteiger partial charge in [-0.2, -0.15) is 0 Å². The number of hydrogen-bond acceptors (Lipinski definition) is 2. The van der Waals surface area contributed by atoms with Gasteiger partial charge in [0.25, 0.3) is 0 Å². The van der Waals surface area contributed by atoms with Gasteiger partial charge in [-0.15, -0.1) is 0 Å². The van der Waals surface area contributed by atoms with Crippen molar-refractivity contribution in [2.75, 3.05) is 6.54 Å². The highest BCUT2D eigenvalue weighted by Crippen LogP contribution is 2.33. The van der Waals surface area contributed by atoms with Gasteiger partial charge in [-0.05, 0) is 44.6 Å². The van der Waals surface area contributed by atoms with Crippen LogP contribution in [0.25, 0.3) is 0 Å². The Kier molecular flexibility index (Phi) is 4.26. The summed E-state index contributed by atoms with van der Waals surface area (Å²) >= 11 is 0. The molecular formula is C14H27NO. The van der Waals surface area contributed by atoms with E-state index in [1.165, 1.54) is 32.1 Å². The molecule has 1 N–H and O–H groups in total. The van der Waals surface area contributed by atoms with E-state index in [1.54, 1.807) is 0 Å². The molecule has 0 saturated heterocycles. The largest absolute Gasteiger partial charge is 0.393 e. The Bertz CT molecular complexity index is 213. The molecular weight excluding hydrogens is 198 g/mol. The van der Waals surface area contributed by atoms with Gasteiger partial charge in [-0.1, -0.05) is 26.7 Å². The van der Waals surface area contributed by atoms with Gasteiger partial charge < -0.3 is 5.11 Å². The maximum Gasteiger partial charge on any atom is 0.0555 e. The Balaban J connectivity index is 2.00. The lowest BCUT2D eigenvalue weighted by molar-refractivity contribution is 0.0153. The van der Waals surface area contributed by atoms with Crippen LogP contribution in [-0.2, 0) is 0 Å². The van der Waals surface area contributed by atoms with E-state index in [2.05, 4.69) is 18.7 Å². The van der Waals surface area contributed by atoms with Crippen LogP contribution in [0.2, 0.25) is 0 Å². The Morgan fingerprint density at radius 3 is 2.44 bits per heavy atom. The van der Waals surface area contributed by atoms with Gasteiger partial charge in [-0.3, -0.25) is 4.90 Å². The second-order valence-corrected chi connectivity index (χ2v) is 5.78. The molecule has 2 saturated carbocycles. The molecule has 0 bridgehead atoms. The SMILES string of the molecule is CCN(C1CCCC1)C1CC(O)CCC1C. The molecule has 2 rings (SSSR count). The van der Waals surface area contributed by atoms with Crippen LogP contribution in [-0.4, -0.2) is 34.7 Å². The zero-order valence-electron chi connectivity index (χ0n) is 10.9. The third-order valence-electron chi connectivity index (χ3n) is 4.71. The standard InChI is InChI=1S/C14H27NO/c1-3-15(12-6-4-5-7-12)14-10-13(16)9-8-11(14)2/h11-14,16H,3-10H2,1-2H3. The summed E-state index contributed by atoms with van der Waals surface area (Å²) in [6.45, 7) is 5.81. The molecule has 3 unspecified atom stereocenters. The number of rotatable bonds is 3. The zero-order valence-corrected chi connectivity index (χ0v) is 10.9. The zero-order chi connectivity index (χ0) is 11.5. The van der Waals surface area contributed by atoms with E-state index in [1.807, 2.05) is 0 Å². The normalized spacial score (nSPS) is 37.1. The molecule has 16 heavy (non-hydrogen) atoms. The summed E-state index contributed by atoms with van der Waals surface area (Å²) < 4.78 is 0. The van der Waals surface area contributed by atoms with Crippen molar-refractivity contribution in [1.29, 1.82) is 0 Å². The second-order valence-electron chi connectivity index (χ2n) is 5.78. The summed E-state index contributed by atoms with van der Waals surface area (Å²) in [5.41, 5.74) is 0. The van der Waals surface area contributed by atoms with Crippen molar-refractivity contribution in [2.24, 2.45) is 5.92 Å². The molecule has 2 aliphatic carbocycles. The van der Waals surface area contributed by atoms with Crippen molar-refractivity contribution in [3.8, 4) is 0 Å². The molecule has 94 valence electrons. The fraction of sp³-hybridized carbons (Fsp3) is 1.00. The van der Waals surface area contributed by atoms with Crippen molar-refractivity contribution in [2.45, 2.75) is 77.0 Å². The molecule has 0 aromatic rings. The van der Waals surface area contributed by atoms with E-state index >= 15 is 0 Å². The first-order valence-corrected chi connectivity index (χ1v) is 7.16. The van der Waals surface area contributed by atoms with Gasteiger partial charge in [0.1, 0.15) is 0 Å². The van der Waals surface area contributed by atoms with Crippen LogP contribution < -0.4 is 0 Å². The van der Waals surface area contributed by atoms with Crippen molar-refractivity contribution < 1.29 is 5.11 Å². The van der Waals surface area contributed by atoms with Crippen LogP contribution in [0.3, 0.4) is 0 Å². The summed E-state index contributed by atoms with van der Waals surface area (Å²) in [5, 5.41) is 9.86. The van der Waals surface area contributed by atoms with Crippen molar-refractivity contribution in [1.82, 2.24) is 4.90 Å². The molecule has 2 fully saturated rings. The van der Waals surface area contributed by atoms with Crippen molar-refractivity contribution in [3.63, 3.8) is 0 Å². The predicted molar refractivity (Wildman–Crippen MR) is 67.4 cm³/mol. The number of hydrogen-bond donors (Lipinski definition) is 1. The average Bonchev–Trinajstić information content (AvgIpc) is 2.78. The topological polar surface area (TPSA) is 23.5 Å². The summed E-state index contributed by atoms with van der Waals surface area (Å²) in [7, 11) is 0. The minimum atomic E-state index is -0.0448. The van der Waals surface area contributed by atoms with Gasteiger partial charge in [0, 0.05) is 12.1 Å². The van der Waals surface area contributed by atoms with E-state index in [0.717, 1.165) is 31.3 Å². The minimum absolute atomic E-state index is 0.0448. The third-order valence-corrected chi connectivity index (χ3v) is 4.71. The first-order valence-electron chi connectivity index (χ1n) is 7.16. The molecule has 2 nitrogen and oxygen atoms in total. The first kappa shape index (κ1) is 12.4. The third kappa shape index (κ3) is 2.60. The van der Waals surface area contributed by atoms with Crippen LogP contribution >= 0.6 is 0 Å². The highest BCUT2D eigenvalue weighted by molar-refractivity contribution is 4.89. The average molecular weight is 225 g/mol. The minimum Gasteiger partial charge on any atom is -0.393 e. The summed E-state index contributed by atoms with van der Waals surface area (Å²) in [5.74, 6) is 0.768. The molecule has 0 aromatic carbocycles. The fourth-order valence-electron chi connectivity index (χ4n) is 3.74. The molecule has 0 amide bonds. The number of nitrogens with zero attached hydrogens (tertiary/aromatic N) is 1. The number of aliphatic hydroxyl groups excluding tert-OH is 1. The van der Waals surface area contributed by atoms with Gasteiger partial charge in [0.05, 0.1) is 6.10 Å². The van der Waals surface area contributed by atoms with Crippen LogP contribution in [0.5, 0.6) is 0 Å². The lowest BCUT2D eigenvalue weighted by Gasteiger charge is -2.43. The summed E-state index contributed by atoms with van der Waals surface area (Å²) in [4.78, 5) is 2.69. The molecule has 0 heterocycles. The smallest absolute Gasteiger partial charge is 0.0555 e. The lowest BCUT2D eigenvalue weighted by atomic mass is 9.82. The monoisotopic (exact) mass is 225 g/mol. The number of aliphatic hydroxyl groups is 1. The lowest BCUT2D eigenvalue weighted by Crippen LogP contribution is -2.48.